The zero-order valence-corrected chi connectivity index (χ0v) is 16.5. The van der Waals surface area contributed by atoms with Crippen molar-refractivity contribution >= 4 is 22.6 Å². The van der Waals surface area contributed by atoms with Gasteiger partial charge < -0.3 is 29.6 Å². The van der Waals surface area contributed by atoms with Gasteiger partial charge >= 0.3 is 6.03 Å². The first-order valence-corrected chi connectivity index (χ1v) is 8.97. The standard InChI is InChI=1S/C21H23N3O5/c1-26-17-12-15(13-18(27-2)20(17)28-3)24-21(25)23-10-11-29-16-8-4-6-14-7-5-9-22-19(14)16/h4-9,12-13H,10-11H2,1-3H3,(H2,23,24,25). The molecule has 2 aromatic carbocycles. The minimum absolute atomic E-state index is 0.304. The highest BCUT2D eigenvalue weighted by Crippen LogP contribution is 2.39. The lowest BCUT2D eigenvalue weighted by Crippen LogP contribution is -2.32. The maximum Gasteiger partial charge on any atom is 0.319 e. The molecule has 0 radical (unpaired) electrons. The molecule has 2 N–H and O–H groups in total. The van der Waals surface area contributed by atoms with Crippen molar-refractivity contribution in [2.45, 2.75) is 0 Å². The summed E-state index contributed by atoms with van der Waals surface area (Å²) in [5.74, 6) is 2.04. The second-order valence-electron chi connectivity index (χ2n) is 5.97. The monoisotopic (exact) mass is 397 g/mol. The van der Waals surface area contributed by atoms with Gasteiger partial charge in [0.25, 0.3) is 0 Å². The number of fused-ring (bicyclic) bond motifs is 1. The predicted octanol–water partition coefficient (Wildman–Crippen LogP) is 3.46. The van der Waals surface area contributed by atoms with Gasteiger partial charge in [-0.25, -0.2) is 4.79 Å². The van der Waals surface area contributed by atoms with E-state index < -0.39 is 0 Å². The molecule has 0 aliphatic carbocycles. The Kier molecular flexibility index (Phi) is 6.57. The van der Waals surface area contributed by atoms with Crippen LogP contribution < -0.4 is 29.6 Å². The summed E-state index contributed by atoms with van der Waals surface area (Å²) >= 11 is 0. The minimum atomic E-state index is -0.376. The van der Waals surface area contributed by atoms with Crippen LogP contribution in [0.25, 0.3) is 10.9 Å². The highest BCUT2D eigenvalue weighted by Gasteiger charge is 2.14. The first kappa shape index (κ1) is 20.1. The number of amides is 2. The molecule has 0 spiro atoms. The van der Waals surface area contributed by atoms with Gasteiger partial charge in [0.05, 0.1) is 33.6 Å². The van der Waals surface area contributed by atoms with Crippen LogP contribution in [0.5, 0.6) is 23.0 Å². The molecule has 3 rings (SSSR count). The van der Waals surface area contributed by atoms with Crippen molar-refractivity contribution in [1.82, 2.24) is 10.3 Å². The summed E-state index contributed by atoms with van der Waals surface area (Å²) < 4.78 is 21.6. The average Bonchev–Trinajstić information content (AvgIpc) is 2.76. The van der Waals surface area contributed by atoms with Gasteiger partial charge in [0.2, 0.25) is 5.75 Å². The van der Waals surface area contributed by atoms with Crippen molar-refractivity contribution in [3.05, 3.63) is 48.7 Å². The van der Waals surface area contributed by atoms with E-state index >= 15 is 0 Å². The number of rotatable bonds is 8. The number of nitrogens with one attached hydrogen (secondary N) is 2. The van der Waals surface area contributed by atoms with Crippen molar-refractivity contribution in [2.75, 3.05) is 39.8 Å². The van der Waals surface area contributed by atoms with Crippen LogP contribution in [-0.4, -0.2) is 45.5 Å². The third-order valence-electron chi connectivity index (χ3n) is 4.16. The van der Waals surface area contributed by atoms with Crippen LogP contribution >= 0.6 is 0 Å². The van der Waals surface area contributed by atoms with Gasteiger partial charge in [-0.15, -0.1) is 0 Å². The lowest BCUT2D eigenvalue weighted by molar-refractivity contribution is 0.247. The van der Waals surface area contributed by atoms with Crippen LogP contribution in [0, 0.1) is 0 Å². The molecule has 8 nitrogen and oxygen atoms in total. The van der Waals surface area contributed by atoms with Crippen LogP contribution in [0.4, 0.5) is 10.5 Å². The smallest absolute Gasteiger partial charge is 0.319 e. The highest BCUT2D eigenvalue weighted by molar-refractivity contribution is 5.90. The number of pyridine rings is 1. The fourth-order valence-corrected chi connectivity index (χ4v) is 2.85. The van der Waals surface area contributed by atoms with Gasteiger partial charge in [0.1, 0.15) is 17.9 Å². The van der Waals surface area contributed by atoms with E-state index in [1.165, 1.54) is 21.3 Å². The fraction of sp³-hybridized carbons (Fsp3) is 0.238. The zero-order valence-electron chi connectivity index (χ0n) is 16.5. The molecule has 29 heavy (non-hydrogen) atoms. The maximum atomic E-state index is 12.2. The molecule has 0 saturated carbocycles. The number of anilines is 1. The third kappa shape index (κ3) is 4.78. The van der Waals surface area contributed by atoms with E-state index in [9.17, 15) is 4.79 Å². The van der Waals surface area contributed by atoms with E-state index in [1.54, 1.807) is 18.3 Å². The minimum Gasteiger partial charge on any atom is -0.493 e. The molecule has 0 aliphatic rings. The summed E-state index contributed by atoms with van der Waals surface area (Å²) in [5, 5.41) is 6.48. The van der Waals surface area contributed by atoms with E-state index in [4.69, 9.17) is 18.9 Å². The van der Waals surface area contributed by atoms with Gasteiger partial charge in [-0.1, -0.05) is 18.2 Å². The van der Waals surface area contributed by atoms with E-state index in [0.717, 1.165) is 10.9 Å². The van der Waals surface area contributed by atoms with E-state index in [-0.39, 0.29) is 6.03 Å². The van der Waals surface area contributed by atoms with Crippen molar-refractivity contribution in [1.29, 1.82) is 0 Å². The topological polar surface area (TPSA) is 90.9 Å². The number of benzene rings is 2. The molecule has 1 heterocycles. The second kappa shape index (κ2) is 9.50. The number of urea groups is 1. The highest BCUT2D eigenvalue weighted by atomic mass is 16.5. The number of hydrogen-bond donors (Lipinski definition) is 2. The van der Waals surface area contributed by atoms with Crippen molar-refractivity contribution < 1.29 is 23.7 Å². The van der Waals surface area contributed by atoms with Crippen molar-refractivity contribution in [3.63, 3.8) is 0 Å². The summed E-state index contributed by atoms with van der Waals surface area (Å²) in [6.45, 7) is 0.623. The summed E-state index contributed by atoms with van der Waals surface area (Å²) in [4.78, 5) is 16.5. The molecule has 0 fully saturated rings. The Morgan fingerprint density at radius 3 is 2.38 bits per heavy atom. The molecule has 2 amide bonds. The first-order chi connectivity index (χ1) is 14.2. The zero-order chi connectivity index (χ0) is 20.6. The number of nitrogens with zero attached hydrogens (tertiary/aromatic N) is 1. The van der Waals surface area contributed by atoms with Crippen LogP contribution in [0.2, 0.25) is 0 Å². The average molecular weight is 397 g/mol. The fourth-order valence-electron chi connectivity index (χ4n) is 2.85. The molecule has 0 aliphatic heterocycles. The normalized spacial score (nSPS) is 10.3. The van der Waals surface area contributed by atoms with Crippen LogP contribution in [-0.2, 0) is 0 Å². The molecule has 8 heteroatoms. The molecule has 1 aromatic heterocycles. The molecule has 3 aromatic rings. The number of hydrogen-bond acceptors (Lipinski definition) is 6. The van der Waals surface area contributed by atoms with Crippen LogP contribution in [0.15, 0.2) is 48.7 Å². The van der Waals surface area contributed by atoms with Crippen LogP contribution in [0.1, 0.15) is 0 Å². The Hall–Kier alpha value is -3.68. The molecule has 0 bridgehead atoms. The van der Waals surface area contributed by atoms with Crippen LogP contribution in [0.3, 0.4) is 0 Å². The second-order valence-corrected chi connectivity index (χ2v) is 5.97. The lowest BCUT2D eigenvalue weighted by Gasteiger charge is -2.15. The van der Waals surface area contributed by atoms with E-state index in [1.807, 2.05) is 30.3 Å². The Bertz CT molecular complexity index is 963. The summed E-state index contributed by atoms with van der Waals surface area (Å²) in [6.07, 6.45) is 1.72. The number of ether oxygens (including phenoxy) is 4. The number of methoxy groups -OCH3 is 3. The van der Waals surface area contributed by atoms with Gasteiger partial charge in [-0.05, 0) is 12.1 Å². The maximum absolute atomic E-state index is 12.2. The Balaban J connectivity index is 1.55. The van der Waals surface area contributed by atoms with Gasteiger partial charge in [0.15, 0.2) is 11.5 Å². The number of carbonyl (C=O) groups excluding carboxylic acids is 1. The number of para-hydroxylation sites is 1. The van der Waals surface area contributed by atoms with Crippen molar-refractivity contribution in [3.8, 4) is 23.0 Å². The molecule has 0 saturated heterocycles. The molecule has 152 valence electrons. The van der Waals surface area contributed by atoms with Gasteiger partial charge in [0, 0.05) is 23.7 Å². The number of aromatic nitrogens is 1. The Morgan fingerprint density at radius 2 is 1.69 bits per heavy atom. The molecular weight excluding hydrogens is 374 g/mol. The largest absolute Gasteiger partial charge is 0.493 e. The lowest BCUT2D eigenvalue weighted by atomic mass is 10.2. The number of carbonyl (C=O) groups is 1. The molecular formula is C21H23N3O5. The van der Waals surface area contributed by atoms with Gasteiger partial charge in [-0.3, -0.25) is 4.98 Å². The Labute approximate surface area is 168 Å². The third-order valence-corrected chi connectivity index (χ3v) is 4.16. The van der Waals surface area contributed by atoms with Crippen molar-refractivity contribution in [2.24, 2.45) is 0 Å². The van der Waals surface area contributed by atoms with E-state index in [2.05, 4.69) is 15.6 Å². The van der Waals surface area contributed by atoms with Gasteiger partial charge in [-0.2, -0.15) is 0 Å². The quantitative estimate of drug-likeness (QED) is 0.566. The Morgan fingerprint density at radius 1 is 0.966 bits per heavy atom. The van der Waals surface area contributed by atoms with E-state index in [0.29, 0.717) is 41.8 Å². The molecule has 0 atom stereocenters. The first-order valence-electron chi connectivity index (χ1n) is 8.97. The summed E-state index contributed by atoms with van der Waals surface area (Å²) in [6, 6.07) is 12.5. The predicted molar refractivity (Wildman–Crippen MR) is 110 cm³/mol. The molecule has 0 unspecified atom stereocenters. The summed E-state index contributed by atoms with van der Waals surface area (Å²) in [7, 11) is 4.55. The SMILES string of the molecule is COc1cc(NC(=O)NCCOc2cccc3cccnc23)cc(OC)c1OC. The summed E-state index contributed by atoms with van der Waals surface area (Å²) in [5.41, 5.74) is 1.30.